The Morgan fingerprint density at radius 2 is 1.88 bits per heavy atom. The Morgan fingerprint density at radius 3 is 2.41 bits per heavy atom. The van der Waals surface area contributed by atoms with Gasteiger partial charge < -0.3 is 10.2 Å². The molecule has 1 aliphatic rings. The second-order valence-electron chi connectivity index (χ2n) is 4.61. The van der Waals surface area contributed by atoms with Gasteiger partial charge in [0.1, 0.15) is 5.75 Å². The van der Waals surface area contributed by atoms with Gasteiger partial charge in [-0.1, -0.05) is 36.9 Å². The molecule has 4 heteroatoms. The van der Waals surface area contributed by atoms with Crippen LogP contribution in [-0.2, 0) is 10.2 Å². The van der Waals surface area contributed by atoms with Crippen LogP contribution in [0.4, 0.5) is 0 Å². The highest BCUT2D eigenvalue weighted by atomic mass is 35.5. The van der Waals surface area contributed by atoms with Crippen LogP contribution in [0.25, 0.3) is 0 Å². The smallest absolute Gasteiger partial charge is 0.314 e. The highest BCUT2D eigenvalue weighted by Crippen LogP contribution is 2.41. The van der Waals surface area contributed by atoms with E-state index in [1.807, 2.05) is 0 Å². The van der Waals surface area contributed by atoms with E-state index < -0.39 is 11.4 Å². The molecule has 0 aliphatic heterocycles. The maximum atomic E-state index is 11.6. The number of hydrogen-bond acceptors (Lipinski definition) is 2. The fourth-order valence-electron chi connectivity index (χ4n) is 2.59. The molecule has 1 aromatic carbocycles. The topological polar surface area (TPSA) is 57.5 Å². The molecule has 0 amide bonds. The average Bonchev–Trinajstić information content (AvgIpc) is 2.33. The zero-order valence-electron chi connectivity index (χ0n) is 9.45. The average molecular weight is 255 g/mol. The molecule has 2 N–H and O–H groups in total. The van der Waals surface area contributed by atoms with E-state index >= 15 is 0 Å². The van der Waals surface area contributed by atoms with E-state index in [1.54, 1.807) is 12.1 Å². The summed E-state index contributed by atoms with van der Waals surface area (Å²) in [5.74, 6) is -0.800. The first-order valence-electron chi connectivity index (χ1n) is 5.79. The van der Waals surface area contributed by atoms with Crippen molar-refractivity contribution < 1.29 is 15.0 Å². The van der Waals surface area contributed by atoms with Crippen molar-refractivity contribution in [1.82, 2.24) is 0 Å². The van der Waals surface area contributed by atoms with Gasteiger partial charge in [0.15, 0.2) is 0 Å². The molecule has 0 saturated heterocycles. The van der Waals surface area contributed by atoms with Crippen LogP contribution in [0.15, 0.2) is 18.2 Å². The third-order valence-corrected chi connectivity index (χ3v) is 3.92. The lowest BCUT2D eigenvalue weighted by Crippen LogP contribution is -2.37. The molecule has 0 heterocycles. The summed E-state index contributed by atoms with van der Waals surface area (Å²) < 4.78 is 0. The molecular formula is C13H15ClO3. The number of phenolic OH excluding ortho intramolecular Hbond substituents is 1. The normalized spacial score (nSPS) is 18.9. The van der Waals surface area contributed by atoms with Gasteiger partial charge in [0.05, 0.1) is 10.4 Å². The quantitative estimate of drug-likeness (QED) is 0.851. The maximum Gasteiger partial charge on any atom is 0.314 e. The molecule has 3 nitrogen and oxygen atoms in total. The van der Waals surface area contributed by atoms with Crippen LogP contribution in [0.1, 0.15) is 37.7 Å². The van der Waals surface area contributed by atoms with E-state index in [9.17, 15) is 15.0 Å². The minimum absolute atomic E-state index is 0.00763. The summed E-state index contributed by atoms with van der Waals surface area (Å²) in [6, 6.07) is 4.72. The van der Waals surface area contributed by atoms with Gasteiger partial charge >= 0.3 is 5.97 Å². The van der Waals surface area contributed by atoms with E-state index in [1.165, 1.54) is 6.07 Å². The number of aliphatic carboxylic acids is 1. The van der Waals surface area contributed by atoms with E-state index in [0.717, 1.165) is 19.3 Å². The monoisotopic (exact) mass is 254 g/mol. The maximum absolute atomic E-state index is 11.6. The Hall–Kier alpha value is -1.22. The lowest BCUT2D eigenvalue weighted by molar-refractivity contribution is -0.145. The number of carboxylic acid groups (broad SMARTS) is 1. The summed E-state index contributed by atoms with van der Waals surface area (Å²) in [4.78, 5) is 11.6. The Bertz CT molecular complexity index is 436. The number of rotatable bonds is 2. The molecule has 92 valence electrons. The minimum Gasteiger partial charge on any atom is -0.506 e. The number of hydrogen-bond donors (Lipinski definition) is 2. The van der Waals surface area contributed by atoms with Gasteiger partial charge in [0.2, 0.25) is 0 Å². The molecule has 0 unspecified atom stereocenters. The SMILES string of the molecule is O=C(O)C1(c2ccc(O)c(Cl)c2)CCCCC1. The molecule has 17 heavy (non-hydrogen) atoms. The van der Waals surface area contributed by atoms with Crippen LogP contribution >= 0.6 is 11.6 Å². The molecule has 1 aliphatic carbocycles. The third kappa shape index (κ3) is 2.12. The summed E-state index contributed by atoms with van der Waals surface area (Å²) in [6.07, 6.45) is 4.21. The highest BCUT2D eigenvalue weighted by Gasteiger charge is 2.41. The second-order valence-corrected chi connectivity index (χ2v) is 5.02. The van der Waals surface area contributed by atoms with Crippen molar-refractivity contribution in [2.24, 2.45) is 0 Å². The summed E-state index contributed by atoms with van der Waals surface area (Å²) >= 11 is 5.86. The van der Waals surface area contributed by atoms with Gasteiger partial charge in [-0.15, -0.1) is 0 Å². The van der Waals surface area contributed by atoms with Crippen molar-refractivity contribution in [1.29, 1.82) is 0 Å². The van der Waals surface area contributed by atoms with Crippen molar-refractivity contribution in [2.45, 2.75) is 37.5 Å². The Morgan fingerprint density at radius 1 is 1.24 bits per heavy atom. The van der Waals surface area contributed by atoms with E-state index in [0.29, 0.717) is 18.4 Å². The van der Waals surface area contributed by atoms with E-state index in [2.05, 4.69) is 0 Å². The van der Waals surface area contributed by atoms with Gasteiger partial charge in [-0.25, -0.2) is 0 Å². The Labute approximate surface area is 105 Å². The van der Waals surface area contributed by atoms with Crippen LogP contribution in [0.2, 0.25) is 5.02 Å². The van der Waals surface area contributed by atoms with Gasteiger partial charge in [0.25, 0.3) is 0 Å². The highest BCUT2D eigenvalue weighted by molar-refractivity contribution is 6.32. The number of benzene rings is 1. The molecule has 0 aromatic heterocycles. The summed E-state index contributed by atoms with van der Waals surface area (Å²) in [6.45, 7) is 0. The second kappa shape index (κ2) is 4.57. The predicted octanol–water partition coefficient (Wildman–Crippen LogP) is 3.33. The molecule has 1 saturated carbocycles. The van der Waals surface area contributed by atoms with Crippen LogP contribution in [-0.4, -0.2) is 16.2 Å². The first-order valence-corrected chi connectivity index (χ1v) is 6.16. The van der Waals surface area contributed by atoms with E-state index in [4.69, 9.17) is 11.6 Å². The zero-order valence-corrected chi connectivity index (χ0v) is 10.2. The van der Waals surface area contributed by atoms with Crippen molar-refractivity contribution in [3.8, 4) is 5.75 Å². The number of halogens is 1. The Balaban J connectivity index is 2.45. The van der Waals surface area contributed by atoms with Crippen LogP contribution in [0.5, 0.6) is 5.75 Å². The number of carboxylic acids is 1. The molecule has 0 spiro atoms. The molecule has 0 radical (unpaired) electrons. The summed E-state index contributed by atoms with van der Waals surface area (Å²) in [5, 5.41) is 19.1. The largest absolute Gasteiger partial charge is 0.506 e. The van der Waals surface area contributed by atoms with Gasteiger partial charge in [-0.05, 0) is 30.5 Å². The molecule has 1 aromatic rings. The van der Waals surface area contributed by atoms with Gasteiger partial charge in [-0.3, -0.25) is 4.79 Å². The number of carbonyl (C=O) groups is 1. The third-order valence-electron chi connectivity index (χ3n) is 3.62. The number of aromatic hydroxyl groups is 1. The fourth-order valence-corrected chi connectivity index (χ4v) is 2.77. The first kappa shape index (κ1) is 12.2. The minimum atomic E-state index is -0.824. The van der Waals surface area contributed by atoms with Crippen LogP contribution < -0.4 is 0 Å². The molecule has 0 atom stereocenters. The van der Waals surface area contributed by atoms with E-state index in [-0.39, 0.29) is 10.8 Å². The Kier molecular flexibility index (Phi) is 3.29. The van der Waals surface area contributed by atoms with Gasteiger partial charge in [0, 0.05) is 0 Å². The molecular weight excluding hydrogens is 240 g/mol. The zero-order chi connectivity index (χ0) is 12.5. The van der Waals surface area contributed by atoms with Gasteiger partial charge in [-0.2, -0.15) is 0 Å². The first-order chi connectivity index (χ1) is 8.06. The molecule has 2 rings (SSSR count). The lowest BCUT2D eigenvalue weighted by Gasteiger charge is -2.33. The molecule has 1 fully saturated rings. The van der Waals surface area contributed by atoms with Crippen molar-refractivity contribution in [2.75, 3.05) is 0 Å². The predicted molar refractivity (Wildman–Crippen MR) is 65.5 cm³/mol. The fraction of sp³-hybridized carbons (Fsp3) is 0.462. The number of phenols is 1. The van der Waals surface area contributed by atoms with Crippen molar-refractivity contribution in [3.63, 3.8) is 0 Å². The lowest BCUT2D eigenvalue weighted by atomic mass is 9.69. The van der Waals surface area contributed by atoms with Crippen LogP contribution in [0, 0.1) is 0 Å². The summed E-state index contributed by atoms with van der Waals surface area (Å²) in [7, 11) is 0. The molecule has 0 bridgehead atoms. The van der Waals surface area contributed by atoms with Crippen molar-refractivity contribution >= 4 is 17.6 Å². The van der Waals surface area contributed by atoms with Crippen molar-refractivity contribution in [3.05, 3.63) is 28.8 Å². The van der Waals surface area contributed by atoms with Crippen LogP contribution in [0.3, 0.4) is 0 Å². The summed E-state index contributed by atoms with van der Waals surface area (Å²) in [5.41, 5.74) is -0.122. The standard InChI is InChI=1S/C13H15ClO3/c14-10-8-9(4-5-11(10)15)13(12(16)17)6-2-1-3-7-13/h4-5,8,15H,1-3,6-7H2,(H,16,17).